The fourth-order valence-corrected chi connectivity index (χ4v) is 1.40. The molecule has 8 nitrogen and oxygen atoms in total. The highest BCUT2D eigenvalue weighted by Gasteiger charge is 2.18. The molecule has 2 aromatic rings. The van der Waals surface area contributed by atoms with E-state index in [1.807, 2.05) is 0 Å². The van der Waals surface area contributed by atoms with Crippen LogP contribution in [0.4, 0.5) is 5.82 Å². The number of pyridine rings is 1. The van der Waals surface area contributed by atoms with Gasteiger partial charge in [0.1, 0.15) is 5.76 Å². The largest absolute Gasteiger partial charge is 0.618 e. The number of hydrogen-bond donors (Lipinski definition) is 1. The quantitative estimate of drug-likeness (QED) is 0.492. The number of aromatic nitrogens is 2. The number of rotatable bonds is 4. The van der Waals surface area contributed by atoms with Gasteiger partial charge in [-0.25, -0.2) is 4.79 Å². The smallest absolute Gasteiger partial charge is 0.405 e. The number of anilines is 1. The molecular formula is C12H11N3O5. The van der Waals surface area contributed by atoms with Gasteiger partial charge < -0.3 is 19.8 Å². The van der Waals surface area contributed by atoms with E-state index in [2.05, 4.69) is 10.5 Å². The van der Waals surface area contributed by atoms with Crippen molar-refractivity contribution in [3.63, 3.8) is 0 Å². The van der Waals surface area contributed by atoms with E-state index in [0.717, 1.165) is 6.20 Å². The third kappa shape index (κ3) is 3.31. The molecule has 0 spiro atoms. The van der Waals surface area contributed by atoms with Crippen LogP contribution in [0.15, 0.2) is 35.0 Å². The van der Waals surface area contributed by atoms with Gasteiger partial charge in [0.25, 0.3) is 5.91 Å². The van der Waals surface area contributed by atoms with Crippen molar-refractivity contribution in [3.05, 3.63) is 47.1 Å². The standard InChI is InChI=1S/C12H11N3O5/c1-8-6-10(14-20-8)13-11(16)7-19-12(17)9-4-2-3-5-15(9)18/h2-6H,7H2,1H3,(H,13,14,16). The highest BCUT2D eigenvalue weighted by atomic mass is 16.5. The Balaban J connectivity index is 1.87. The number of carbonyl (C=O) groups excluding carboxylic acids is 2. The molecule has 8 heteroatoms. The van der Waals surface area contributed by atoms with E-state index >= 15 is 0 Å². The summed E-state index contributed by atoms with van der Waals surface area (Å²) in [6, 6.07) is 5.81. The number of nitrogens with zero attached hydrogens (tertiary/aromatic N) is 2. The van der Waals surface area contributed by atoms with E-state index in [4.69, 9.17) is 9.26 Å². The van der Waals surface area contributed by atoms with Gasteiger partial charge in [-0.15, -0.1) is 0 Å². The van der Waals surface area contributed by atoms with Gasteiger partial charge in [0.05, 0.1) is 0 Å². The maximum Gasteiger partial charge on any atom is 0.405 e. The number of esters is 1. The minimum Gasteiger partial charge on any atom is -0.618 e. The molecule has 2 rings (SSSR count). The summed E-state index contributed by atoms with van der Waals surface area (Å²) in [6.45, 7) is 1.14. The molecule has 0 radical (unpaired) electrons. The zero-order valence-electron chi connectivity index (χ0n) is 10.5. The molecule has 1 N–H and O–H groups in total. The molecule has 0 aliphatic carbocycles. The fraction of sp³-hybridized carbons (Fsp3) is 0.167. The Labute approximate surface area is 113 Å². The van der Waals surface area contributed by atoms with Crippen molar-refractivity contribution in [3.8, 4) is 0 Å². The van der Waals surface area contributed by atoms with Gasteiger partial charge in [-0.05, 0) is 13.0 Å². The summed E-state index contributed by atoms with van der Waals surface area (Å²) < 4.78 is 9.84. The minimum atomic E-state index is -0.882. The van der Waals surface area contributed by atoms with Crippen LogP contribution in [0.1, 0.15) is 16.2 Å². The summed E-state index contributed by atoms with van der Waals surface area (Å²) >= 11 is 0. The summed E-state index contributed by atoms with van der Waals surface area (Å²) in [5.41, 5.74) is -0.197. The Bertz CT molecular complexity index is 638. The molecule has 0 bridgehead atoms. The molecule has 2 aromatic heterocycles. The van der Waals surface area contributed by atoms with Crippen LogP contribution in [-0.2, 0) is 9.53 Å². The third-order valence-corrected chi connectivity index (χ3v) is 2.26. The highest BCUT2D eigenvalue weighted by Crippen LogP contribution is 2.06. The van der Waals surface area contributed by atoms with Crippen LogP contribution in [-0.4, -0.2) is 23.6 Å². The van der Waals surface area contributed by atoms with Crippen LogP contribution >= 0.6 is 0 Å². The van der Waals surface area contributed by atoms with Gasteiger partial charge in [-0.3, -0.25) is 4.79 Å². The Morgan fingerprint density at radius 2 is 2.30 bits per heavy atom. The minimum absolute atomic E-state index is 0.197. The molecule has 0 saturated carbocycles. The van der Waals surface area contributed by atoms with Crippen molar-refractivity contribution in [2.45, 2.75) is 6.92 Å². The van der Waals surface area contributed by atoms with E-state index in [-0.39, 0.29) is 11.5 Å². The summed E-state index contributed by atoms with van der Waals surface area (Å²) in [5.74, 6) is -0.705. The average molecular weight is 277 g/mol. The third-order valence-electron chi connectivity index (χ3n) is 2.26. The first-order chi connectivity index (χ1) is 9.56. The first kappa shape index (κ1) is 13.5. The SMILES string of the molecule is Cc1cc(NC(=O)COC(=O)c2cccc[n+]2[O-])no1. The van der Waals surface area contributed by atoms with Crippen LogP contribution < -0.4 is 10.0 Å². The van der Waals surface area contributed by atoms with E-state index < -0.39 is 18.5 Å². The first-order valence-corrected chi connectivity index (χ1v) is 5.65. The lowest BCUT2D eigenvalue weighted by Crippen LogP contribution is -2.35. The normalized spacial score (nSPS) is 10.1. The van der Waals surface area contributed by atoms with Crippen molar-refractivity contribution in [2.75, 3.05) is 11.9 Å². The number of aryl methyl sites for hydroxylation is 1. The van der Waals surface area contributed by atoms with Crippen molar-refractivity contribution < 1.29 is 23.6 Å². The second kappa shape index (κ2) is 5.83. The van der Waals surface area contributed by atoms with Crippen LogP contribution in [0.25, 0.3) is 0 Å². The predicted molar refractivity (Wildman–Crippen MR) is 65.6 cm³/mol. The molecule has 0 unspecified atom stereocenters. The van der Waals surface area contributed by atoms with Gasteiger partial charge in [0.15, 0.2) is 18.6 Å². The number of hydrogen-bond acceptors (Lipinski definition) is 6. The van der Waals surface area contributed by atoms with Crippen molar-refractivity contribution in [1.29, 1.82) is 0 Å². The molecule has 20 heavy (non-hydrogen) atoms. The van der Waals surface area contributed by atoms with Crippen molar-refractivity contribution in [2.24, 2.45) is 0 Å². The number of amides is 1. The monoisotopic (exact) mass is 277 g/mol. The Kier molecular flexibility index (Phi) is 3.94. The van der Waals surface area contributed by atoms with E-state index in [9.17, 15) is 14.8 Å². The molecule has 0 aliphatic heterocycles. The molecular weight excluding hydrogens is 266 g/mol. The molecule has 0 aromatic carbocycles. The molecule has 1 amide bonds. The van der Waals surface area contributed by atoms with Crippen LogP contribution in [0.5, 0.6) is 0 Å². The number of carbonyl (C=O) groups is 2. The lowest BCUT2D eigenvalue weighted by molar-refractivity contribution is -0.608. The van der Waals surface area contributed by atoms with Gasteiger partial charge in [0, 0.05) is 18.2 Å². The Hall–Kier alpha value is -2.90. The molecule has 0 fully saturated rings. The van der Waals surface area contributed by atoms with Crippen molar-refractivity contribution in [1.82, 2.24) is 5.16 Å². The van der Waals surface area contributed by atoms with E-state index in [0.29, 0.717) is 10.5 Å². The van der Waals surface area contributed by atoms with Gasteiger partial charge in [0.2, 0.25) is 0 Å². The van der Waals surface area contributed by atoms with Gasteiger partial charge in [-0.2, -0.15) is 4.73 Å². The van der Waals surface area contributed by atoms with Crippen LogP contribution in [0.3, 0.4) is 0 Å². The van der Waals surface area contributed by atoms with Gasteiger partial charge >= 0.3 is 11.7 Å². The second-order valence-corrected chi connectivity index (χ2v) is 3.86. The highest BCUT2D eigenvalue weighted by molar-refractivity contribution is 5.93. The van der Waals surface area contributed by atoms with Crippen molar-refractivity contribution >= 4 is 17.7 Å². The number of ether oxygens (including phenoxy) is 1. The Morgan fingerprint density at radius 1 is 1.50 bits per heavy atom. The lowest BCUT2D eigenvalue weighted by atomic mass is 10.3. The zero-order chi connectivity index (χ0) is 14.5. The molecule has 0 aliphatic rings. The maximum atomic E-state index is 11.6. The maximum absolute atomic E-state index is 11.6. The molecule has 0 saturated heterocycles. The summed E-state index contributed by atoms with van der Waals surface area (Å²) in [6.07, 6.45) is 1.16. The van der Waals surface area contributed by atoms with Crippen LogP contribution in [0, 0.1) is 12.1 Å². The summed E-state index contributed by atoms with van der Waals surface area (Å²) in [5, 5.41) is 17.2. The second-order valence-electron chi connectivity index (χ2n) is 3.86. The molecule has 0 atom stereocenters. The fourth-order valence-electron chi connectivity index (χ4n) is 1.40. The average Bonchev–Trinajstić information content (AvgIpc) is 2.82. The predicted octanol–water partition coefficient (Wildman–Crippen LogP) is 0.412. The summed E-state index contributed by atoms with van der Waals surface area (Å²) in [4.78, 5) is 23.1. The van der Waals surface area contributed by atoms with E-state index in [1.54, 1.807) is 6.92 Å². The zero-order valence-corrected chi connectivity index (χ0v) is 10.5. The first-order valence-electron chi connectivity index (χ1n) is 5.65. The number of nitrogens with one attached hydrogen (secondary N) is 1. The summed E-state index contributed by atoms with van der Waals surface area (Å²) in [7, 11) is 0. The topological polar surface area (TPSA) is 108 Å². The molecule has 2 heterocycles. The lowest BCUT2D eigenvalue weighted by Gasteiger charge is -2.04. The molecule has 104 valence electrons. The van der Waals surface area contributed by atoms with Crippen LogP contribution in [0.2, 0.25) is 0 Å². The van der Waals surface area contributed by atoms with Gasteiger partial charge in [-0.1, -0.05) is 5.16 Å². The van der Waals surface area contributed by atoms with E-state index in [1.165, 1.54) is 24.3 Å². The Morgan fingerprint density at radius 3 is 2.95 bits per heavy atom.